The molecule has 0 spiro atoms. The Morgan fingerprint density at radius 2 is 1.90 bits per heavy atom. The fourth-order valence-electron chi connectivity index (χ4n) is 3.22. The van der Waals surface area contributed by atoms with E-state index in [4.69, 9.17) is 9.26 Å². The molecule has 148 valence electrons. The number of benzene rings is 2. The van der Waals surface area contributed by atoms with E-state index in [2.05, 4.69) is 10.1 Å². The van der Waals surface area contributed by atoms with E-state index in [0.717, 1.165) is 5.56 Å². The van der Waals surface area contributed by atoms with Gasteiger partial charge in [-0.1, -0.05) is 23.4 Å². The van der Waals surface area contributed by atoms with E-state index in [1.54, 1.807) is 35.9 Å². The molecule has 8 nitrogen and oxygen atoms in total. The van der Waals surface area contributed by atoms with Gasteiger partial charge < -0.3 is 14.2 Å². The molecule has 29 heavy (non-hydrogen) atoms. The van der Waals surface area contributed by atoms with Gasteiger partial charge in [-0.3, -0.25) is 9.69 Å². The molecule has 8 heteroatoms. The summed E-state index contributed by atoms with van der Waals surface area (Å²) in [7, 11) is 1.70. The van der Waals surface area contributed by atoms with Crippen LogP contribution in [-0.2, 0) is 4.74 Å². The van der Waals surface area contributed by atoms with Gasteiger partial charge in [0.05, 0.1) is 13.1 Å². The molecule has 1 aromatic heterocycles. The second kappa shape index (κ2) is 7.75. The number of ether oxygens (including phenoxy) is 1. The van der Waals surface area contributed by atoms with Gasteiger partial charge in [0.2, 0.25) is 11.7 Å². The molecule has 2 aromatic carbocycles. The van der Waals surface area contributed by atoms with Crippen molar-refractivity contribution in [1.82, 2.24) is 15.0 Å². The van der Waals surface area contributed by atoms with Crippen LogP contribution in [0, 0.1) is 6.92 Å². The third-order valence-electron chi connectivity index (χ3n) is 4.68. The molecule has 1 atom stereocenters. The number of amides is 2. The molecule has 1 unspecified atom stereocenters. The van der Waals surface area contributed by atoms with Crippen LogP contribution < -0.4 is 4.90 Å². The lowest BCUT2D eigenvalue weighted by Crippen LogP contribution is -2.36. The molecule has 2 amide bonds. The standard InChI is InChI=1S/C21H20N4O4/c1-14-22-19(23-29-14)15-8-10-17(11-9-15)25-13-18(28-21(25)27)12-24(2)20(26)16-6-4-3-5-7-16/h3-11,18H,12-13H2,1-2H3. The van der Waals surface area contributed by atoms with E-state index in [1.165, 1.54) is 0 Å². The maximum Gasteiger partial charge on any atom is 0.414 e. The first-order valence-electron chi connectivity index (χ1n) is 9.20. The largest absolute Gasteiger partial charge is 0.442 e. The number of carbonyl (C=O) groups is 2. The normalized spacial score (nSPS) is 16.0. The van der Waals surface area contributed by atoms with Gasteiger partial charge in [-0.05, 0) is 36.4 Å². The van der Waals surface area contributed by atoms with Crippen LogP contribution >= 0.6 is 0 Å². The van der Waals surface area contributed by atoms with Crippen LogP contribution in [0.25, 0.3) is 11.4 Å². The molecule has 1 aliphatic heterocycles. The molecule has 2 heterocycles. The van der Waals surface area contributed by atoms with E-state index in [9.17, 15) is 9.59 Å². The second-order valence-corrected chi connectivity index (χ2v) is 6.85. The zero-order valence-electron chi connectivity index (χ0n) is 16.1. The average molecular weight is 392 g/mol. The van der Waals surface area contributed by atoms with Gasteiger partial charge in [-0.25, -0.2) is 4.79 Å². The Morgan fingerprint density at radius 1 is 1.17 bits per heavy atom. The van der Waals surface area contributed by atoms with E-state index in [-0.39, 0.29) is 5.91 Å². The lowest BCUT2D eigenvalue weighted by Gasteiger charge is -2.20. The van der Waals surface area contributed by atoms with Crippen LogP contribution in [0.5, 0.6) is 0 Å². The van der Waals surface area contributed by atoms with Crippen molar-refractivity contribution >= 4 is 17.7 Å². The van der Waals surface area contributed by atoms with Crippen molar-refractivity contribution in [2.75, 3.05) is 25.0 Å². The number of carbonyl (C=O) groups excluding carboxylic acids is 2. The molecule has 0 radical (unpaired) electrons. The third kappa shape index (κ3) is 3.96. The SMILES string of the molecule is Cc1nc(-c2ccc(N3CC(CN(C)C(=O)c4ccccc4)OC3=O)cc2)no1. The highest BCUT2D eigenvalue weighted by molar-refractivity contribution is 5.94. The molecule has 0 aliphatic carbocycles. The highest BCUT2D eigenvalue weighted by Crippen LogP contribution is 2.25. The zero-order valence-corrected chi connectivity index (χ0v) is 16.1. The molecular formula is C21H20N4O4. The van der Waals surface area contributed by atoms with E-state index >= 15 is 0 Å². The van der Waals surface area contributed by atoms with E-state index < -0.39 is 12.2 Å². The Kier molecular flexibility index (Phi) is 4.99. The lowest BCUT2D eigenvalue weighted by atomic mass is 10.2. The maximum absolute atomic E-state index is 12.5. The average Bonchev–Trinajstić information content (AvgIpc) is 3.33. The maximum atomic E-state index is 12.5. The summed E-state index contributed by atoms with van der Waals surface area (Å²) in [5.74, 6) is 0.876. The summed E-state index contributed by atoms with van der Waals surface area (Å²) in [5.41, 5.74) is 2.10. The number of hydrogen-bond donors (Lipinski definition) is 0. The van der Waals surface area contributed by atoms with Gasteiger partial charge in [-0.2, -0.15) is 4.98 Å². The number of cyclic esters (lactones) is 1. The molecule has 1 aliphatic rings. The lowest BCUT2D eigenvalue weighted by molar-refractivity contribution is 0.0694. The van der Waals surface area contributed by atoms with Gasteiger partial charge >= 0.3 is 6.09 Å². The summed E-state index contributed by atoms with van der Waals surface area (Å²) >= 11 is 0. The first-order chi connectivity index (χ1) is 14.0. The van der Waals surface area contributed by atoms with E-state index in [1.807, 2.05) is 42.5 Å². The van der Waals surface area contributed by atoms with Gasteiger partial charge in [0.1, 0.15) is 6.10 Å². The van der Waals surface area contributed by atoms with Crippen molar-refractivity contribution in [3.63, 3.8) is 0 Å². The topological polar surface area (TPSA) is 88.8 Å². The molecule has 1 fully saturated rings. The number of hydrogen-bond acceptors (Lipinski definition) is 6. The van der Waals surface area contributed by atoms with Crippen molar-refractivity contribution in [2.24, 2.45) is 0 Å². The highest BCUT2D eigenvalue weighted by atomic mass is 16.6. The fraction of sp³-hybridized carbons (Fsp3) is 0.238. The zero-order chi connectivity index (χ0) is 20.4. The number of anilines is 1. The highest BCUT2D eigenvalue weighted by Gasteiger charge is 2.33. The van der Waals surface area contributed by atoms with Crippen LogP contribution in [-0.4, -0.2) is 53.3 Å². The Labute approximate surface area is 167 Å². The summed E-state index contributed by atoms with van der Waals surface area (Å²) in [4.78, 5) is 32.1. The number of likely N-dealkylation sites (N-methyl/N-ethyl adjacent to an activating group) is 1. The van der Waals surface area contributed by atoms with Gasteiger partial charge in [0.25, 0.3) is 5.91 Å². The van der Waals surface area contributed by atoms with Crippen molar-refractivity contribution in [3.05, 3.63) is 66.1 Å². The number of aryl methyl sites for hydroxylation is 1. The Bertz CT molecular complexity index is 1020. The molecule has 1 saturated heterocycles. The predicted molar refractivity (Wildman–Crippen MR) is 105 cm³/mol. The van der Waals surface area contributed by atoms with Crippen LogP contribution in [0.1, 0.15) is 16.2 Å². The Morgan fingerprint density at radius 3 is 2.55 bits per heavy atom. The quantitative estimate of drug-likeness (QED) is 0.663. The summed E-state index contributed by atoms with van der Waals surface area (Å²) in [6.45, 7) is 2.41. The van der Waals surface area contributed by atoms with Gasteiger partial charge in [0.15, 0.2) is 0 Å². The Hall–Kier alpha value is -3.68. The fourth-order valence-corrected chi connectivity index (χ4v) is 3.22. The Balaban J connectivity index is 1.41. The summed E-state index contributed by atoms with van der Waals surface area (Å²) in [5, 5.41) is 3.89. The first kappa shape index (κ1) is 18.7. The number of rotatable bonds is 5. The minimum atomic E-state index is -0.432. The summed E-state index contributed by atoms with van der Waals surface area (Å²) in [6, 6.07) is 16.3. The monoisotopic (exact) mass is 392 g/mol. The van der Waals surface area contributed by atoms with Crippen molar-refractivity contribution in [2.45, 2.75) is 13.0 Å². The predicted octanol–water partition coefficient (Wildman–Crippen LogP) is 3.14. The van der Waals surface area contributed by atoms with Crippen LogP contribution in [0.3, 0.4) is 0 Å². The van der Waals surface area contributed by atoms with Crippen molar-refractivity contribution < 1.29 is 18.8 Å². The minimum Gasteiger partial charge on any atom is -0.442 e. The first-order valence-corrected chi connectivity index (χ1v) is 9.20. The number of aromatic nitrogens is 2. The summed E-state index contributed by atoms with van der Waals surface area (Å²) in [6.07, 6.45) is -0.835. The van der Waals surface area contributed by atoms with Crippen LogP contribution in [0.15, 0.2) is 59.1 Å². The number of nitrogens with zero attached hydrogens (tertiary/aromatic N) is 4. The van der Waals surface area contributed by atoms with Gasteiger partial charge in [-0.15, -0.1) is 0 Å². The van der Waals surface area contributed by atoms with Crippen LogP contribution in [0.4, 0.5) is 10.5 Å². The molecule has 4 rings (SSSR count). The van der Waals surface area contributed by atoms with E-state index in [0.29, 0.717) is 36.1 Å². The van der Waals surface area contributed by atoms with Crippen LogP contribution in [0.2, 0.25) is 0 Å². The molecule has 0 saturated carbocycles. The molecule has 0 bridgehead atoms. The van der Waals surface area contributed by atoms with Gasteiger partial charge in [0, 0.05) is 30.8 Å². The molecule has 3 aromatic rings. The smallest absolute Gasteiger partial charge is 0.414 e. The second-order valence-electron chi connectivity index (χ2n) is 6.85. The molecular weight excluding hydrogens is 372 g/mol. The summed E-state index contributed by atoms with van der Waals surface area (Å²) < 4.78 is 10.4. The van der Waals surface area contributed by atoms with Crippen molar-refractivity contribution in [1.29, 1.82) is 0 Å². The third-order valence-corrected chi connectivity index (χ3v) is 4.68. The minimum absolute atomic E-state index is 0.111. The molecule has 0 N–H and O–H groups in total. The van der Waals surface area contributed by atoms with Crippen molar-refractivity contribution in [3.8, 4) is 11.4 Å².